The molecule has 1 aliphatic rings. The van der Waals surface area contributed by atoms with Crippen molar-refractivity contribution in [3.05, 3.63) is 17.7 Å². The summed E-state index contributed by atoms with van der Waals surface area (Å²) in [5.74, 6) is 0.397. The van der Waals surface area contributed by atoms with Gasteiger partial charge in [0, 0.05) is 6.54 Å². The predicted octanol–water partition coefficient (Wildman–Crippen LogP) is 1.26. The summed E-state index contributed by atoms with van der Waals surface area (Å²) >= 11 is 0. The van der Waals surface area contributed by atoms with Gasteiger partial charge in [0.15, 0.2) is 11.6 Å². The predicted molar refractivity (Wildman–Crippen MR) is 59.2 cm³/mol. The number of halogens is 2. The van der Waals surface area contributed by atoms with E-state index in [1.54, 1.807) is 4.57 Å². The van der Waals surface area contributed by atoms with E-state index in [-0.39, 0.29) is 12.4 Å². The van der Waals surface area contributed by atoms with Crippen LogP contribution in [0.1, 0.15) is 24.9 Å². The second kappa shape index (κ2) is 4.35. The SMILES string of the molecule is CCn1c(-c2ncnn2C(F)F)nc2c1CN(O)C2. The summed E-state index contributed by atoms with van der Waals surface area (Å²) in [6.07, 6.45) is 1.08. The summed E-state index contributed by atoms with van der Waals surface area (Å²) in [6.45, 7) is 0.302. The maximum Gasteiger partial charge on any atom is 0.335 e. The molecule has 0 spiro atoms. The zero-order valence-electron chi connectivity index (χ0n) is 10.2. The third kappa shape index (κ3) is 1.81. The minimum atomic E-state index is -2.76. The Balaban J connectivity index is 2.11. The van der Waals surface area contributed by atoms with Crippen LogP contribution in [0.2, 0.25) is 0 Å². The molecule has 0 amide bonds. The van der Waals surface area contributed by atoms with E-state index in [0.717, 1.165) is 17.1 Å². The van der Waals surface area contributed by atoms with Gasteiger partial charge < -0.3 is 9.77 Å². The van der Waals surface area contributed by atoms with Crippen LogP contribution in [0.25, 0.3) is 11.6 Å². The summed E-state index contributed by atoms with van der Waals surface area (Å²) in [7, 11) is 0. The van der Waals surface area contributed by atoms with Crippen LogP contribution in [0.15, 0.2) is 6.33 Å². The highest BCUT2D eigenvalue weighted by molar-refractivity contribution is 5.47. The third-order valence-electron chi connectivity index (χ3n) is 3.09. The fourth-order valence-electron chi connectivity index (χ4n) is 2.31. The first-order chi connectivity index (χ1) is 9.11. The Morgan fingerprint density at radius 3 is 2.84 bits per heavy atom. The van der Waals surface area contributed by atoms with E-state index in [0.29, 0.717) is 29.3 Å². The molecule has 9 heteroatoms. The van der Waals surface area contributed by atoms with Crippen molar-refractivity contribution in [1.29, 1.82) is 0 Å². The van der Waals surface area contributed by atoms with Gasteiger partial charge in [-0.2, -0.15) is 23.6 Å². The van der Waals surface area contributed by atoms with Gasteiger partial charge in [-0.1, -0.05) is 0 Å². The van der Waals surface area contributed by atoms with Gasteiger partial charge in [-0.15, -0.1) is 0 Å². The molecule has 1 N–H and O–H groups in total. The first-order valence-electron chi connectivity index (χ1n) is 5.82. The largest absolute Gasteiger partial charge is 0.335 e. The Bertz CT molecular complexity index is 607. The average molecular weight is 270 g/mol. The molecule has 0 unspecified atom stereocenters. The average Bonchev–Trinajstić information content (AvgIpc) is 3.00. The Hall–Kier alpha value is -1.87. The lowest BCUT2D eigenvalue weighted by molar-refractivity contribution is -0.0985. The topological polar surface area (TPSA) is 72.0 Å². The summed E-state index contributed by atoms with van der Waals surface area (Å²) in [5.41, 5.74) is 1.51. The fraction of sp³-hybridized carbons (Fsp3) is 0.500. The lowest BCUT2D eigenvalue weighted by Crippen LogP contribution is -2.14. The van der Waals surface area contributed by atoms with E-state index in [4.69, 9.17) is 0 Å². The van der Waals surface area contributed by atoms with Crippen LogP contribution in [-0.4, -0.2) is 34.6 Å². The maximum absolute atomic E-state index is 12.8. The van der Waals surface area contributed by atoms with Crippen molar-refractivity contribution in [2.75, 3.05) is 0 Å². The zero-order chi connectivity index (χ0) is 13.6. The third-order valence-corrected chi connectivity index (χ3v) is 3.09. The van der Waals surface area contributed by atoms with Gasteiger partial charge in [0.2, 0.25) is 0 Å². The zero-order valence-corrected chi connectivity index (χ0v) is 10.2. The Morgan fingerprint density at radius 1 is 1.37 bits per heavy atom. The van der Waals surface area contributed by atoms with Crippen LogP contribution in [0.4, 0.5) is 8.78 Å². The fourth-order valence-corrected chi connectivity index (χ4v) is 2.31. The van der Waals surface area contributed by atoms with E-state index in [2.05, 4.69) is 15.1 Å². The lowest BCUT2D eigenvalue weighted by Gasteiger charge is -2.10. The van der Waals surface area contributed by atoms with E-state index in [1.165, 1.54) is 0 Å². The minimum Gasteiger partial charge on any atom is -0.324 e. The normalized spacial score (nSPS) is 15.4. The van der Waals surface area contributed by atoms with Gasteiger partial charge in [0.25, 0.3) is 0 Å². The molecule has 0 saturated carbocycles. The van der Waals surface area contributed by atoms with Gasteiger partial charge in [-0.05, 0) is 6.92 Å². The number of hydroxylamine groups is 2. The number of alkyl halides is 2. The Morgan fingerprint density at radius 2 is 2.16 bits per heavy atom. The number of imidazole rings is 1. The van der Waals surface area contributed by atoms with Crippen molar-refractivity contribution in [3.8, 4) is 11.6 Å². The van der Waals surface area contributed by atoms with Crippen LogP contribution in [0.3, 0.4) is 0 Å². The first-order valence-corrected chi connectivity index (χ1v) is 5.82. The molecule has 3 heterocycles. The maximum atomic E-state index is 12.8. The highest BCUT2D eigenvalue weighted by atomic mass is 19.3. The Labute approximate surface area is 107 Å². The number of hydrogen-bond donors (Lipinski definition) is 1. The summed E-state index contributed by atoms with van der Waals surface area (Å²) in [5, 5.41) is 14.1. The highest BCUT2D eigenvalue weighted by Gasteiger charge is 2.28. The van der Waals surface area contributed by atoms with Crippen molar-refractivity contribution >= 4 is 0 Å². The van der Waals surface area contributed by atoms with E-state index >= 15 is 0 Å². The quantitative estimate of drug-likeness (QED) is 0.909. The molecule has 3 rings (SSSR count). The van der Waals surface area contributed by atoms with Crippen molar-refractivity contribution in [2.45, 2.75) is 33.1 Å². The minimum absolute atomic E-state index is 0.0377. The number of aromatic nitrogens is 5. The molecule has 0 atom stereocenters. The highest BCUT2D eigenvalue weighted by Crippen LogP contribution is 2.28. The lowest BCUT2D eigenvalue weighted by atomic mass is 10.4. The van der Waals surface area contributed by atoms with E-state index in [1.807, 2.05) is 6.92 Å². The molecular formula is C10H12F2N6O. The monoisotopic (exact) mass is 270 g/mol. The molecule has 0 fully saturated rings. The Kier molecular flexibility index (Phi) is 2.79. The molecule has 0 saturated heterocycles. The van der Waals surface area contributed by atoms with Crippen LogP contribution < -0.4 is 0 Å². The van der Waals surface area contributed by atoms with Gasteiger partial charge in [-0.3, -0.25) is 0 Å². The van der Waals surface area contributed by atoms with Gasteiger partial charge >= 0.3 is 6.55 Å². The van der Waals surface area contributed by atoms with Crippen molar-refractivity contribution in [3.63, 3.8) is 0 Å². The second-order valence-electron chi connectivity index (χ2n) is 4.20. The molecule has 0 bridgehead atoms. The summed E-state index contributed by atoms with van der Waals surface area (Å²) in [6, 6.07) is 0. The molecule has 1 aliphatic heterocycles. The summed E-state index contributed by atoms with van der Waals surface area (Å²) < 4.78 is 28.0. The number of hydrogen-bond acceptors (Lipinski definition) is 5. The molecule has 0 aromatic carbocycles. The standard InChI is InChI=1S/C10H12F2N6O/c1-2-17-7-4-16(19)3-6(7)15-9(17)8-13-5-14-18(8)10(11)12/h5,10,19H,2-4H2,1H3. The number of rotatable bonds is 3. The molecule has 102 valence electrons. The molecule has 0 aliphatic carbocycles. The molecular weight excluding hydrogens is 258 g/mol. The van der Waals surface area contributed by atoms with Gasteiger partial charge in [0.1, 0.15) is 6.33 Å². The van der Waals surface area contributed by atoms with Gasteiger partial charge in [0.05, 0.1) is 24.5 Å². The molecule has 0 radical (unpaired) electrons. The molecule has 19 heavy (non-hydrogen) atoms. The second-order valence-corrected chi connectivity index (χ2v) is 4.20. The van der Waals surface area contributed by atoms with Crippen molar-refractivity contribution < 1.29 is 14.0 Å². The summed E-state index contributed by atoms with van der Waals surface area (Å²) in [4.78, 5) is 8.16. The molecule has 2 aromatic rings. The van der Waals surface area contributed by atoms with Crippen LogP contribution in [0, 0.1) is 0 Å². The first kappa shape index (κ1) is 12.2. The van der Waals surface area contributed by atoms with Crippen molar-refractivity contribution in [1.82, 2.24) is 29.4 Å². The van der Waals surface area contributed by atoms with Crippen molar-refractivity contribution in [2.24, 2.45) is 0 Å². The van der Waals surface area contributed by atoms with Crippen LogP contribution >= 0.6 is 0 Å². The number of nitrogens with zero attached hydrogens (tertiary/aromatic N) is 6. The smallest absolute Gasteiger partial charge is 0.324 e. The number of fused-ring (bicyclic) bond motifs is 1. The van der Waals surface area contributed by atoms with Crippen LogP contribution in [-0.2, 0) is 19.6 Å². The molecule has 2 aromatic heterocycles. The van der Waals surface area contributed by atoms with E-state index in [9.17, 15) is 14.0 Å². The van der Waals surface area contributed by atoms with E-state index < -0.39 is 6.55 Å². The van der Waals surface area contributed by atoms with Crippen LogP contribution in [0.5, 0.6) is 0 Å². The molecule has 7 nitrogen and oxygen atoms in total. The van der Waals surface area contributed by atoms with Gasteiger partial charge in [-0.25, -0.2) is 9.97 Å².